The lowest BCUT2D eigenvalue weighted by atomic mass is 9.99. The van der Waals surface area contributed by atoms with Crippen LogP contribution in [0.2, 0.25) is 0 Å². The highest BCUT2D eigenvalue weighted by Crippen LogP contribution is 2.23. The lowest BCUT2D eigenvalue weighted by Gasteiger charge is -2.40. The van der Waals surface area contributed by atoms with Gasteiger partial charge in [0.2, 0.25) is 5.91 Å². The number of hydrogen-bond acceptors (Lipinski definition) is 8. The number of hydrogen-bond donors (Lipinski definition) is 6. The molecule has 0 saturated carbocycles. The van der Waals surface area contributed by atoms with Crippen molar-refractivity contribution in [3.05, 3.63) is 36.5 Å². The fourth-order valence-corrected chi connectivity index (χ4v) is 7.91. The maximum atomic E-state index is 12.9. The molecule has 9 heteroatoms. The zero-order valence-electron chi connectivity index (χ0n) is 38.7. The van der Waals surface area contributed by atoms with Gasteiger partial charge in [-0.2, -0.15) is 0 Å². The molecule has 0 aromatic heterocycles. The molecule has 352 valence electrons. The molecule has 1 aliphatic rings. The van der Waals surface area contributed by atoms with Gasteiger partial charge >= 0.3 is 0 Å². The van der Waals surface area contributed by atoms with E-state index in [0.29, 0.717) is 6.42 Å². The minimum absolute atomic E-state index is 0.210. The van der Waals surface area contributed by atoms with Crippen molar-refractivity contribution >= 4 is 5.91 Å². The van der Waals surface area contributed by atoms with Crippen molar-refractivity contribution in [2.24, 2.45) is 0 Å². The maximum absolute atomic E-state index is 12.9. The molecule has 1 fully saturated rings. The lowest BCUT2D eigenvalue weighted by molar-refractivity contribution is -0.302. The molecular weight excluding hydrogens is 755 g/mol. The Balaban J connectivity index is 2.29. The summed E-state index contributed by atoms with van der Waals surface area (Å²) >= 11 is 0. The van der Waals surface area contributed by atoms with Crippen LogP contribution in [0.1, 0.15) is 226 Å². The molecule has 1 heterocycles. The van der Waals surface area contributed by atoms with E-state index in [1.54, 1.807) is 6.08 Å². The summed E-state index contributed by atoms with van der Waals surface area (Å²) in [6.07, 6.45) is 45.0. The maximum Gasteiger partial charge on any atom is 0.220 e. The summed E-state index contributed by atoms with van der Waals surface area (Å²) < 4.78 is 11.2. The van der Waals surface area contributed by atoms with Gasteiger partial charge in [0.1, 0.15) is 24.4 Å². The first kappa shape index (κ1) is 56.4. The van der Waals surface area contributed by atoms with Crippen LogP contribution in [-0.4, -0.2) is 87.5 Å². The zero-order chi connectivity index (χ0) is 43.7. The molecule has 0 radical (unpaired) electrons. The average molecular weight is 850 g/mol. The Hall–Kier alpha value is -1.59. The molecule has 0 bridgehead atoms. The number of carbonyl (C=O) groups excluding carboxylic acids is 1. The van der Waals surface area contributed by atoms with E-state index in [0.717, 1.165) is 32.1 Å². The Labute approximate surface area is 368 Å². The summed E-state index contributed by atoms with van der Waals surface area (Å²) in [6, 6.07) is -0.834. The molecule has 7 unspecified atom stereocenters. The molecule has 1 aliphatic heterocycles. The number of allylic oxidation sites excluding steroid dienone is 5. The molecule has 1 saturated heterocycles. The normalized spacial score (nSPS) is 20.8. The molecule has 0 spiro atoms. The first-order valence-electron chi connectivity index (χ1n) is 25.2. The van der Waals surface area contributed by atoms with Crippen molar-refractivity contribution in [2.75, 3.05) is 13.2 Å². The molecule has 0 aliphatic carbocycles. The third kappa shape index (κ3) is 31.3. The number of amides is 1. The minimum Gasteiger partial charge on any atom is -0.394 e. The SMILES string of the molecule is CCCCCCCC/C=C\C/C=C\CCC(=O)NC(COC1OC(CO)C(O)C(O)C1O)C(O)/C=C/CCCCCCCCCCCCCCCCCCCCCCCC. The Morgan fingerprint density at radius 1 is 0.567 bits per heavy atom. The number of ether oxygens (including phenoxy) is 2. The summed E-state index contributed by atoms with van der Waals surface area (Å²) in [7, 11) is 0. The van der Waals surface area contributed by atoms with Crippen molar-refractivity contribution in [1.29, 1.82) is 0 Å². The van der Waals surface area contributed by atoms with E-state index in [9.17, 15) is 30.3 Å². The van der Waals surface area contributed by atoms with Gasteiger partial charge in [-0.25, -0.2) is 0 Å². The standard InChI is InChI=1S/C51H95NO8/c1-3-5-7-9-11-13-15-17-18-19-20-21-22-23-24-25-26-27-29-30-32-34-36-38-40-45(54)44(43-59-51-50(58)49(57)48(56)46(42-53)60-51)52-47(55)41-39-37-35-33-31-28-16-14-12-10-8-6-4-2/h28,31,35,37-38,40,44-46,48-51,53-54,56-58H,3-27,29-30,32-34,36,39,41-43H2,1-2H3,(H,52,55)/b31-28-,37-35-,40-38+. The van der Waals surface area contributed by atoms with Gasteiger partial charge in [-0.1, -0.05) is 217 Å². The highest BCUT2D eigenvalue weighted by atomic mass is 16.7. The van der Waals surface area contributed by atoms with E-state index < -0.39 is 49.5 Å². The lowest BCUT2D eigenvalue weighted by Crippen LogP contribution is -2.60. The summed E-state index contributed by atoms with van der Waals surface area (Å²) in [5, 5.41) is 54.2. The Kier molecular flexibility index (Phi) is 39.0. The minimum atomic E-state index is -1.57. The molecule has 0 aromatic carbocycles. The van der Waals surface area contributed by atoms with Gasteiger partial charge in [0.05, 0.1) is 25.4 Å². The summed E-state index contributed by atoms with van der Waals surface area (Å²) in [4.78, 5) is 12.9. The van der Waals surface area contributed by atoms with Gasteiger partial charge in [-0.15, -0.1) is 0 Å². The van der Waals surface area contributed by atoms with Gasteiger partial charge in [0, 0.05) is 6.42 Å². The van der Waals surface area contributed by atoms with Crippen LogP contribution >= 0.6 is 0 Å². The van der Waals surface area contributed by atoms with E-state index in [1.165, 1.54) is 167 Å². The molecule has 1 rings (SSSR count). The van der Waals surface area contributed by atoms with Gasteiger partial charge in [-0.05, 0) is 38.5 Å². The molecule has 6 N–H and O–H groups in total. The predicted octanol–water partition coefficient (Wildman–Crippen LogP) is 11.2. The summed E-state index contributed by atoms with van der Waals surface area (Å²) in [5.41, 5.74) is 0. The van der Waals surface area contributed by atoms with Crippen LogP contribution in [0.25, 0.3) is 0 Å². The van der Waals surface area contributed by atoms with E-state index >= 15 is 0 Å². The molecular formula is C51H95NO8. The second-order valence-electron chi connectivity index (χ2n) is 17.6. The number of nitrogens with one attached hydrogen (secondary N) is 1. The van der Waals surface area contributed by atoms with Crippen molar-refractivity contribution < 1.29 is 39.8 Å². The second kappa shape index (κ2) is 41.4. The topological polar surface area (TPSA) is 149 Å². The van der Waals surface area contributed by atoms with Gasteiger partial charge in [0.15, 0.2) is 6.29 Å². The number of carbonyl (C=O) groups is 1. The van der Waals surface area contributed by atoms with Crippen LogP contribution in [0.4, 0.5) is 0 Å². The van der Waals surface area contributed by atoms with Crippen molar-refractivity contribution in [1.82, 2.24) is 5.32 Å². The van der Waals surface area contributed by atoms with Crippen LogP contribution in [0.5, 0.6) is 0 Å². The number of aliphatic hydroxyl groups is 5. The van der Waals surface area contributed by atoms with E-state index in [4.69, 9.17) is 9.47 Å². The third-order valence-electron chi connectivity index (χ3n) is 12.0. The molecule has 60 heavy (non-hydrogen) atoms. The fraction of sp³-hybridized carbons (Fsp3) is 0.863. The van der Waals surface area contributed by atoms with Crippen LogP contribution < -0.4 is 5.32 Å². The van der Waals surface area contributed by atoms with E-state index in [-0.39, 0.29) is 18.9 Å². The Morgan fingerprint density at radius 2 is 0.983 bits per heavy atom. The van der Waals surface area contributed by atoms with Gasteiger partial charge in [-0.3, -0.25) is 4.79 Å². The van der Waals surface area contributed by atoms with E-state index in [2.05, 4.69) is 37.4 Å². The smallest absolute Gasteiger partial charge is 0.220 e. The summed E-state index contributed by atoms with van der Waals surface area (Å²) in [6.45, 7) is 3.74. The Morgan fingerprint density at radius 3 is 1.43 bits per heavy atom. The first-order valence-corrected chi connectivity index (χ1v) is 25.2. The zero-order valence-corrected chi connectivity index (χ0v) is 38.7. The van der Waals surface area contributed by atoms with Gasteiger partial charge in [0.25, 0.3) is 0 Å². The quantitative estimate of drug-likeness (QED) is 0.0263. The summed E-state index contributed by atoms with van der Waals surface area (Å²) in [5.74, 6) is -0.243. The molecule has 1 amide bonds. The number of unbranched alkanes of at least 4 members (excludes halogenated alkanes) is 28. The number of aliphatic hydroxyl groups excluding tert-OH is 5. The molecule has 9 nitrogen and oxygen atoms in total. The molecule has 7 atom stereocenters. The Bertz CT molecular complexity index is 1030. The van der Waals surface area contributed by atoms with Crippen LogP contribution in [-0.2, 0) is 14.3 Å². The van der Waals surface area contributed by atoms with E-state index in [1.807, 2.05) is 12.2 Å². The largest absolute Gasteiger partial charge is 0.394 e. The van der Waals surface area contributed by atoms with Crippen molar-refractivity contribution in [3.63, 3.8) is 0 Å². The first-order chi connectivity index (χ1) is 29.3. The average Bonchev–Trinajstić information content (AvgIpc) is 3.25. The second-order valence-corrected chi connectivity index (χ2v) is 17.6. The van der Waals surface area contributed by atoms with Crippen molar-refractivity contribution in [3.8, 4) is 0 Å². The van der Waals surface area contributed by atoms with Crippen molar-refractivity contribution in [2.45, 2.75) is 269 Å². The third-order valence-corrected chi connectivity index (χ3v) is 12.0. The monoisotopic (exact) mass is 850 g/mol. The highest BCUT2D eigenvalue weighted by molar-refractivity contribution is 5.76. The van der Waals surface area contributed by atoms with Crippen LogP contribution in [0, 0.1) is 0 Å². The van der Waals surface area contributed by atoms with Gasteiger partial charge < -0.3 is 40.3 Å². The van der Waals surface area contributed by atoms with Crippen LogP contribution in [0.15, 0.2) is 36.5 Å². The fourth-order valence-electron chi connectivity index (χ4n) is 7.91. The van der Waals surface area contributed by atoms with Crippen LogP contribution in [0.3, 0.4) is 0 Å². The predicted molar refractivity (Wildman–Crippen MR) is 249 cm³/mol. The number of rotatable bonds is 42. The highest BCUT2D eigenvalue weighted by Gasteiger charge is 2.44. The molecule has 0 aromatic rings.